The number of hydrogen-bond donors (Lipinski definition) is 1. The van der Waals surface area contributed by atoms with Crippen molar-refractivity contribution in [3.63, 3.8) is 0 Å². The zero-order chi connectivity index (χ0) is 14.8. The number of carboxylic acids is 1. The van der Waals surface area contributed by atoms with E-state index in [2.05, 4.69) is 9.97 Å². The maximum Gasteiger partial charge on any atom is 0.358 e. The second-order valence-electron chi connectivity index (χ2n) is 4.02. The van der Waals surface area contributed by atoms with Gasteiger partial charge in [-0.3, -0.25) is 4.98 Å². The second kappa shape index (κ2) is 5.19. The van der Waals surface area contributed by atoms with Crippen molar-refractivity contribution in [2.45, 2.75) is 0 Å². The normalized spacial score (nSPS) is 10.2. The van der Waals surface area contributed by atoms with Gasteiger partial charge in [-0.15, -0.1) is 11.3 Å². The summed E-state index contributed by atoms with van der Waals surface area (Å²) in [6.07, 6.45) is 1.36. The first-order valence-electron chi connectivity index (χ1n) is 5.83. The summed E-state index contributed by atoms with van der Waals surface area (Å²) in [4.78, 5) is 20.1. The summed E-state index contributed by atoms with van der Waals surface area (Å²) in [5, 5.41) is 19.8. The fraction of sp³-hybridized carbons (Fsp3) is 0. The van der Waals surface area contributed by atoms with Gasteiger partial charge in [0.2, 0.25) is 5.89 Å². The van der Waals surface area contributed by atoms with Crippen LogP contribution in [-0.4, -0.2) is 21.0 Å². The monoisotopic (exact) mass is 297 g/mol. The lowest BCUT2D eigenvalue weighted by atomic mass is 10.2. The molecular formula is C14H7N3O3S. The average Bonchev–Trinajstić information content (AvgIpc) is 3.16. The van der Waals surface area contributed by atoms with E-state index in [4.69, 9.17) is 9.68 Å². The standard InChI is InChI=1S/C14H7N3O3S/c15-6-8-3-4-9(16-7-8)12-11(14(18)19)17-13(20-12)10-2-1-5-21-10/h1-5,7H,(H,18,19). The van der Waals surface area contributed by atoms with Crippen molar-refractivity contribution in [2.24, 2.45) is 0 Å². The molecule has 0 aliphatic carbocycles. The highest BCUT2D eigenvalue weighted by atomic mass is 32.1. The van der Waals surface area contributed by atoms with E-state index in [1.54, 1.807) is 12.1 Å². The molecule has 0 unspecified atom stereocenters. The summed E-state index contributed by atoms with van der Waals surface area (Å²) in [5.41, 5.74) is 0.505. The van der Waals surface area contributed by atoms with Crippen molar-refractivity contribution in [1.82, 2.24) is 9.97 Å². The molecule has 0 atom stereocenters. The predicted molar refractivity (Wildman–Crippen MR) is 74.7 cm³/mol. The first-order chi connectivity index (χ1) is 10.2. The Balaban J connectivity index is 2.12. The van der Waals surface area contributed by atoms with Crippen molar-refractivity contribution in [1.29, 1.82) is 5.26 Å². The Bertz CT molecular complexity index is 829. The molecule has 0 aliphatic heterocycles. The molecule has 6 nitrogen and oxygen atoms in total. The number of oxazole rings is 1. The van der Waals surface area contributed by atoms with E-state index in [1.165, 1.54) is 23.6 Å². The van der Waals surface area contributed by atoms with Gasteiger partial charge in [0.25, 0.3) is 0 Å². The number of nitrogens with zero attached hydrogens (tertiary/aromatic N) is 3. The van der Waals surface area contributed by atoms with Gasteiger partial charge in [-0.25, -0.2) is 9.78 Å². The highest BCUT2D eigenvalue weighted by Crippen LogP contribution is 2.31. The molecule has 102 valence electrons. The molecule has 0 saturated heterocycles. The number of aromatic nitrogens is 2. The lowest BCUT2D eigenvalue weighted by Gasteiger charge is -1.96. The van der Waals surface area contributed by atoms with Gasteiger partial charge in [-0.05, 0) is 23.6 Å². The largest absolute Gasteiger partial charge is 0.476 e. The maximum absolute atomic E-state index is 11.3. The Kier molecular flexibility index (Phi) is 3.22. The Morgan fingerprint density at radius 1 is 1.38 bits per heavy atom. The van der Waals surface area contributed by atoms with Gasteiger partial charge < -0.3 is 9.52 Å². The van der Waals surface area contributed by atoms with Gasteiger partial charge in [-0.1, -0.05) is 6.07 Å². The third-order valence-corrected chi connectivity index (χ3v) is 3.54. The fourth-order valence-electron chi connectivity index (χ4n) is 1.74. The highest BCUT2D eigenvalue weighted by Gasteiger charge is 2.22. The summed E-state index contributed by atoms with van der Waals surface area (Å²) >= 11 is 1.40. The van der Waals surface area contributed by atoms with Crippen LogP contribution < -0.4 is 0 Å². The SMILES string of the molecule is N#Cc1ccc(-c2oc(-c3cccs3)nc2C(=O)O)nc1. The third-order valence-electron chi connectivity index (χ3n) is 2.69. The van der Waals surface area contributed by atoms with E-state index >= 15 is 0 Å². The van der Waals surface area contributed by atoms with E-state index in [1.807, 2.05) is 17.5 Å². The van der Waals surface area contributed by atoms with Crippen LogP contribution in [0.2, 0.25) is 0 Å². The molecule has 0 bridgehead atoms. The van der Waals surface area contributed by atoms with Crippen LogP contribution in [0.15, 0.2) is 40.3 Å². The van der Waals surface area contributed by atoms with Crippen LogP contribution in [0.5, 0.6) is 0 Å². The predicted octanol–water partition coefficient (Wildman–Crippen LogP) is 3.03. The molecule has 0 aromatic carbocycles. The van der Waals surface area contributed by atoms with Crippen LogP contribution in [0, 0.1) is 11.3 Å². The lowest BCUT2D eigenvalue weighted by molar-refractivity contribution is 0.0691. The topological polar surface area (TPSA) is 100 Å². The molecule has 0 aliphatic rings. The highest BCUT2D eigenvalue weighted by molar-refractivity contribution is 7.13. The van der Waals surface area contributed by atoms with Gasteiger partial charge in [0.15, 0.2) is 11.5 Å². The van der Waals surface area contributed by atoms with Crippen molar-refractivity contribution in [2.75, 3.05) is 0 Å². The molecule has 3 rings (SSSR count). The quantitative estimate of drug-likeness (QED) is 0.797. The van der Waals surface area contributed by atoms with Crippen LogP contribution >= 0.6 is 11.3 Å². The van der Waals surface area contributed by atoms with Gasteiger partial charge in [0.05, 0.1) is 10.4 Å². The van der Waals surface area contributed by atoms with Gasteiger partial charge in [-0.2, -0.15) is 5.26 Å². The summed E-state index contributed by atoms with van der Waals surface area (Å²) in [6, 6.07) is 8.64. The van der Waals surface area contributed by atoms with E-state index in [-0.39, 0.29) is 17.3 Å². The number of pyridine rings is 1. The van der Waals surface area contributed by atoms with Crippen molar-refractivity contribution in [3.05, 3.63) is 47.1 Å². The van der Waals surface area contributed by atoms with Crippen molar-refractivity contribution in [3.8, 4) is 28.3 Å². The average molecular weight is 297 g/mol. The summed E-state index contributed by atoms with van der Waals surface area (Å²) in [5.74, 6) is -0.873. The summed E-state index contributed by atoms with van der Waals surface area (Å²) < 4.78 is 5.55. The first kappa shape index (κ1) is 13.0. The molecule has 1 N–H and O–H groups in total. The maximum atomic E-state index is 11.3. The Labute approximate surface area is 122 Å². The van der Waals surface area contributed by atoms with Crippen LogP contribution in [0.25, 0.3) is 22.2 Å². The zero-order valence-electron chi connectivity index (χ0n) is 10.5. The fourth-order valence-corrected chi connectivity index (χ4v) is 2.39. The molecular weight excluding hydrogens is 290 g/mol. The number of nitriles is 1. The molecule has 0 radical (unpaired) electrons. The third kappa shape index (κ3) is 2.40. The molecule has 0 fully saturated rings. The van der Waals surface area contributed by atoms with Crippen LogP contribution in [0.4, 0.5) is 0 Å². The van der Waals surface area contributed by atoms with E-state index < -0.39 is 5.97 Å². The zero-order valence-corrected chi connectivity index (χ0v) is 11.3. The molecule has 7 heteroatoms. The minimum absolute atomic E-state index is 0.0791. The first-order valence-corrected chi connectivity index (χ1v) is 6.71. The Morgan fingerprint density at radius 3 is 2.81 bits per heavy atom. The molecule has 3 aromatic rings. The van der Waals surface area contributed by atoms with Gasteiger partial charge >= 0.3 is 5.97 Å². The number of rotatable bonds is 3. The molecule has 0 spiro atoms. The van der Waals surface area contributed by atoms with Gasteiger partial charge in [0.1, 0.15) is 11.8 Å². The van der Waals surface area contributed by atoms with Crippen LogP contribution in [0.3, 0.4) is 0 Å². The minimum atomic E-state index is -1.19. The number of thiophene rings is 1. The van der Waals surface area contributed by atoms with E-state index in [0.717, 1.165) is 4.88 Å². The van der Waals surface area contributed by atoms with E-state index in [9.17, 15) is 9.90 Å². The molecule has 3 aromatic heterocycles. The second-order valence-corrected chi connectivity index (χ2v) is 4.97. The lowest BCUT2D eigenvalue weighted by Crippen LogP contribution is -1.99. The summed E-state index contributed by atoms with van der Waals surface area (Å²) in [7, 11) is 0. The number of hydrogen-bond acceptors (Lipinski definition) is 6. The number of carboxylic acid groups (broad SMARTS) is 1. The molecule has 3 heterocycles. The molecule has 0 saturated carbocycles. The molecule has 0 amide bonds. The van der Waals surface area contributed by atoms with Crippen molar-refractivity contribution < 1.29 is 14.3 Å². The summed E-state index contributed by atoms with van der Waals surface area (Å²) in [6.45, 7) is 0. The van der Waals surface area contributed by atoms with E-state index in [0.29, 0.717) is 11.3 Å². The van der Waals surface area contributed by atoms with Crippen LogP contribution in [0.1, 0.15) is 16.1 Å². The van der Waals surface area contributed by atoms with Gasteiger partial charge in [0, 0.05) is 6.20 Å². The smallest absolute Gasteiger partial charge is 0.358 e. The number of carbonyl (C=O) groups is 1. The van der Waals surface area contributed by atoms with Crippen LogP contribution in [-0.2, 0) is 0 Å². The Morgan fingerprint density at radius 2 is 2.24 bits per heavy atom. The molecule has 21 heavy (non-hydrogen) atoms. The minimum Gasteiger partial charge on any atom is -0.476 e. The Hall–Kier alpha value is -2.98. The van der Waals surface area contributed by atoms with Crippen molar-refractivity contribution >= 4 is 17.3 Å². The number of aromatic carboxylic acids is 1.